The van der Waals surface area contributed by atoms with Crippen molar-refractivity contribution in [3.8, 4) is 5.88 Å². The molecule has 2 aromatic rings. The number of benzene rings is 1. The molecule has 22 heavy (non-hydrogen) atoms. The Morgan fingerprint density at radius 3 is 2.64 bits per heavy atom. The SMILES string of the molecule is O=[P+](O)OCCOc1no[n+]([O-])c1S(=O)(=O)c1ccccc1. The van der Waals surface area contributed by atoms with Crippen LogP contribution in [0.1, 0.15) is 0 Å². The number of sulfone groups is 1. The number of nitrogens with zero attached hydrogens (tertiary/aromatic N) is 2. The summed E-state index contributed by atoms with van der Waals surface area (Å²) in [5.41, 5.74) is 0. The van der Waals surface area contributed by atoms with Gasteiger partial charge in [-0.3, -0.25) is 4.63 Å². The van der Waals surface area contributed by atoms with Gasteiger partial charge in [0.25, 0.3) is 9.84 Å². The molecule has 0 saturated heterocycles. The van der Waals surface area contributed by atoms with Gasteiger partial charge in [-0.1, -0.05) is 18.2 Å². The second-order valence-corrected chi connectivity index (χ2v) is 6.38. The fourth-order valence-electron chi connectivity index (χ4n) is 1.49. The predicted molar refractivity (Wildman–Crippen MR) is 68.6 cm³/mol. The van der Waals surface area contributed by atoms with E-state index in [9.17, 15) is 18.2 Å². The third-order valence-corrected chi connectivity index (χ3v) is 4.51. The molecule has 0 aliphatic rings. The van der Waals surface area contributed by atoms with Crippen LogP contribution in [0.25, 0.3) is 0 Å². The molecule has 0 fully saturated rings. The van der Waals surface area contributed by atoms with E-state index in [1.165, 1.54) is 24.3 Å². The molecule has 0 bridgehead atoms. The highest BCUT2D eigenvalue weighted by molar-refractivity contribution is 7.91. The fraction of sp³-hybridized carbons (Fsp3) is 0.200. The second kappa shape index (κ2) is 6.79. The van der Waals surface area contributed by atoms with E-state index < -0.39 is 29.0 Å². The molecule has 118 valence electrons. The Bertz CT molecular complexity index is 760. The maximum atomic E-state index is 12.4. The van der Waals surface area contributed by atoms with E-state index in [2.05, 4.69) is 14.3 Å². The summed E-state index contributed by atoms with van der Waals surface area (Å²) >= 11 is 0. The highest BCUT2D eigenvalue weighted by Crippen LogP contribution is 2.25. The van der Waals surface area contributed by atoms with Gasteiger partial charge in [-0.05, 0) is 17.0 Å². The number of hydrogen-bond donors (Lipinski definition) is 1. The van der Waals surface area contributed by atoms with Crippen LogP contribution in [0.4, 0.5) is 0 Å². The molecule has 1 atom stereocenters. The molecule has 0 amide bonds. The monoisotopic (exact) mass is 349 g/mol. The molecular formula is C10H10N2O8PS+. The Morgan fingerprint density at radius 1 is 1.32 bits per heavy atom. The molecule has 1 aromatic carbocycles. The van der Waals surface area contributed by atoms with Gasteiger partial charge in [0.2, 0.25) is 0 Å². The summed E-state index contributed by atoms with van der Waals surface area (Å²) in [6.07, 6.45) is 0. The van der Waals surface area contributed by atoms with Gasteiger partial charge in [0.15, 0.2) is 0 Å². The molecule has 2 rings (SSSR count). The van der Waals surface area contributed by atoms with Crippen LogP contribution in [0.15, 0.2) is 44.9 Å². The fourth-order valence-corrected chi connectivity index (χ4v) is 3.02. The van der Waals surface area contributed by atoms with E-state index in [1.807, 2.05) is 0 Å². The van der Waals surface area contributed by atoms with Crippen molar-refractivity contribution >= 4 is 18.1 Å². The first kappa shape index (κ1) is 16.3. The first-order chi connectivity index (χ1) is 10.4. The molecule has 0 aliphatic carbocycles. The third-order valence-electron chi connectivity index (χ3n) is 2.38. The summed E-state index contributed by atoms with van der Waals surface area (Å²) in [5.74, 6) is -0.560. The standard InChI is InChI=1S/C10H9N2O8PS/c13-12-10(22(16,17)8-4-2-1-3-5-8)9(11-20-12)18-6-7-19-21(14)15/h1-5H,6-7H2/p+1. The predicted octanol–water partition coefficient (Wildman–Crippen LogP) is 0.186. The molecule has 1 aromatic heterocycles. The lowest BCUT2D eigenvalue weighted by atomic mass is 10.4. The quantitative estimate of drug-likeness (QED) is 0.421. The van der Waals surface area contributed by atoms with Crippen molar-refractivity contribution in [2.24, 2.45) is 0 Å². The van der Waals surface area contributed by atoms with E-state index in [1.54, 1.807) is 6.07 Å². The van der Waals surface area contributed by atoms with Crippen molar-refractivity contribution in [3.05, 3.63) is 35.5 Å². The van der Waals surface area contributed by atoms with Crippen LogP contribution < -0.4 is 9.64 Å². The van der Waals surface area contributed by atoms with Crippen molar-refractivity contribution in [2.75, 3.05) is 13.2 Å². The lowest BCUT2D eigenvalue weighted by molar-refractivity contribution is -0.832. The first-order valence-corrected chi connectivity index (χ1v) is 8.36. The molecule has 0 spiro atoms. The Hall–Kier alpha value is -2.07. The minimum Gasteiger partial charge on any atom is -0.452 e. The Morgan fingerprint density at radius 2 is 2.00 bits per heavy atom. The Balaban J connectivity index is 2.24. The van der Waals surface area contributed by atoms with E-state index in [0.717, 1.165) is 0 Å². The van der Waals surface area contributed by atoms with Crippen molar-refractivity contribution in [1.82, 2.24) is 5.16 Å². The van der Waals surface area contributed by atoms with Crippen molar-refractivity contribution < 1.29 is 36.7 Å². The van der Waals surface area contributed by atoms with Gasteiger partial charge in [0.1, 0.15) is 13.2 Å². The second-order valence-electron chi connectivity index (χ2n) is 3.78. The van der Waals surface area contributed by atoms with Crippen LogP contribution >= 0.6 is 8.25 Å². The average Bonchev–Trinajstić information content (AvgIpc) is 2.86. The number of hydrogen-bond acceptors (Lipinski definition) is 8. The zero-order valence-electron chi connectivity index (χ0n) is 10.9. The number of rotatable bonds is 7. The number of aromatic nitrogens is 2. The van der Waals surface area contributed by atoms with Gasteiger partial charge in [-0.25, -0.2) is 8.42 Å². The van der Waals surface area contributed by atoms with E-state index >= 15 is 0 Å². The molecule has 1 N–H and O–H groups in total. The van der Waals surface area contributed by atoms with Gasteiger partial charge >= 0.3 is 19.2 Å². The van der Waals surface area contributed by atoms with Gasteiger partial charge in [0, 0.05) is 4.57 Å². The lowest BCUT2D eigenvalue weighted by Crippen LogP contribution is -2.31. The van der Waals surface area contributed by atoms with Gasteiger partial charge in [0.05, 0.1) is 10.1 Å². The summed E-state index contributed by atoms with van der Waals surface area (Å²) < 4.78 is 48.5. The largest absolute Gasteiger partial charge is 0.694 e. The van der Waals surface area contributed by atoms with Crippen LogP contribution in [-0.2, 0) is 18.9 Å². The van der Waals surface area contributed by atoms with Crippen LogP contribution in [0, 0.1) is 5.21 Å². The summed E-state index contributed by atoms with van der Waals surface area (Å²) in [6.45, 7) is -0.603. The molecule has 1 heterocycles. The van der Waals surface area contributed by atoms with Crippen LogP contribution in [0.5, 0.6) is 5.88 Å². The van der Waals surface area contributed by atoms with E-state index in [4.69, 9.17) is 9.63 Å². The summed E-state index contributed by atoms with van der Waals surface area (Å²) in [7, 11) is -6.99. The third kappa shape index (κ3) is 3.57. The molecule has 12 heteroatoms. The number of ether oxygens (including phenoxy) is 1. The van der Waals surface area contributed by atoms with Crippen LogP contribution in [0.3, 0.4) is 0 Å². The summed E-state index contributed by atoms with van der Waals surface area (Å²) in [6, 6.07) is 7.18. The summed E-state index contributed by atoms with van der Waals surface area (Å²) in [5, 5.41) is 13.9. The first-order valence-electron chi connectivity index (χ1n) is 5.74. The van der Waals surface area contributed by atoms with Gasteiger partial charge in [-0.15, -0.1) is 9.42 Å². The highest BCUT2D eigenvalue weighted by atomic mass is 32.2. The van der Waals surface area contributed by atoms with E-state index in [0.29, 0.717) is 0 Å². The molecule has 0 saturated carbocycles. The normalized spacial score (nSPS) is 12.1. The lowest BCUT2D eigenvalue weighted by Gasteiger charge is -2.02. The van der Waals surface area contributed by atoms with Crippen molar-refractivity contribution in [2.45, 2.75) is 9.92 Å². The molecule has 0 aliphatic heterocycles. The highest BCUT2D eigenvalue weighted by Gasteiger charge is 2.35. The Kier molecular flexibility index (Phi) is 5.03. The average molecular weight is 349 g/mol. The van der Waals surface area contributed by atoms with Crippen molar-refractivity contribution in [1.29, 1.82) is 0 Å². The molecule has 1 unspecified atom stereocenters. The topological polar surface area (TPSA) is 143 Å². The van der Waals surface area contributed by atoms with Crippen molar-refractivity contribution in [3.63, 3.8) is 0 Å². The van der Waals surface area contributed by atoms with Gasteiger partial charge < -0.3 is 9.94 Å². The maximum Gasteiger partial charge on any atom is 0.694 e. The molecule has 0 radical (unpaired) electrons. The zero-order valence-corrected chi connectivity index (χ0v) is 12.6. The minimum absolute atomic E-state index is 0.137. The minimum atomic E-state index is -4.19. The van der Waals surface area contributed by atoms with E-state index in [-0.39, 0.29) is 23.0 Å². The molecule has 10 nitrogen and oxygen atoms in total. The summed E-state index contributed by atoms with van der Waals surface area (Å²) in [4.78, 5) is 8.01. The maximum absolute atomic E-state index is 12.4. The smallest absolute Gasteiger partial charge is 0.452 e. The van der Waals surface area contributed by atoms with Gasteiger partial charge in [-0.2, -0.15) is 0 Å². The Labute approximate surface area is 125 Å². The van der Waals surface area contributed by atoms with Crippen LogP contribution in [0.2, 0.25) is 0 Å². The van der Waals surface area contributed by atoms with Crippen LogP contribution in [-0.4, -0.2) is 31.7 Å². The molecular weight excluding hydrogens is 339 g/mol. The zero-order chi connectivity index (χ0) is 16.2.